The van der Waals surface area contributed by atoms with Gasteiger partial charge in [0.2, 0.25) is 11.8 Å². The van der Waals surface area contributed by atoms with Gasteiger partial charge in [-0.3, -0.25) is 33.5 Å². The van der Waals surface area contributed by atoms with Crippen molar-refractivity contribution < 1.29 is 37.3 Å². The van der Waals surface area contributed by atoms with E-state index in [0.29, 0.717) is 32.5 Å². The monoisotopic (exact) mass is 711 g/mol. The third kappa shape index (κ3) is 12.5. The van der Waals surface area contributed by atoms with Crippen molar-refractivity contribution in [2.45, 2.75) is 76.4 Å². The molecule has 2 aliphatic rings. The molecule has 1 fully saturated rings. The Kier molecular flexibility index (Phi) is 13.6. The van der Waals surface area contributed by atoms with Crippen molar-refractivity contribution in [2.75, 3.05) is 26.2 Å². The minimum Gasteiger partial charge on any atom is -0.392 e. The lowest BCUT2D eigenvalue weighted by atomic mass is 9.91. The van der Waals surface area contributed by atoms with Gasteiger partial charge in [-0.2, -0.15) is 8.42 Å². The van der Waals surface area contributed by atoms with Crippen LogP contribution in [0.3, 0.4) is 0 Å². The molecular formula is C36H49N5O8S. The van der Waals surface area contributed by atoms with Gasteiger partial charge in [0.15, 0.2) is 0 Å². The minimum atomic E-state index is -4.67. The normalized spacial score (nSPS) is 20.9. The highest BCUT2D eigenvalue weighted by Crippen LogP contribution is 2.32. The number of carbonyl (C=O) groups excluding carboxylic acids is 2. The summed E-state index contributed by atoms with van der Waals surface area (Å²) in [6, 6.07) is 20.6. The Balaban J connectivity index is 0.00000105. The number of rotatable bonds is 11. The molecule has 1 aromatic heterocycles. The smallest absolute Gasteiger partial charge is 0.392 e. The molecule has 0 bridgehead atoms. The Morgan fingerprint density at radius 2 is 1.64 bits per heavy atom. The highest BCUT2D eigenvalue weighted by Gasteiger charge is 2.37. The Hall–Kier alpha value is -3.76. The number of β-amino-alcohol motifs (C(OH)–C–C–N with tert-alkyl or cyclic N) is 1. The number of aliphatic hydroxyl groups is 2. The summed E-state index contributed by atoms with van der Waals surface area (Å²) >= 11 is 0. The number of aromatic nitrogens is 1. The summed E-state index contributed by atoms with van der Waals surface area (Å²) in [7, 11) is -4.67. The predicted octanol–water partition coefficient (Wildman–Crippen LogP) is 2.21. The summed E-state index contributed by atoms with van der Waals surface area (Å²) in [6.07, 6.45) is 3.26. The number of carbonyl (C=O) groups is 2. The van der Waals surface area contributed by atoms with E-state index in [1.807, 2.05) is 93.7 Å². The lowest BCUT2D eigenvalue weighted by Crippen LogP contribution is -2.61. The Bertz CT molecular complexity index is 1650. The fraction of sp³-hybridized carbons (Fsp3) is 0.472. The molecule has 0 saturated carbocycles. The summed E-state index contributed by atoms with van der Waals surface area (Å²) in [6.45, 7) is 8.74. The number of fused-ring (bicyclic) bond motifs is 1. The lowest BCUT2D eigenvalue weighted by molar-refractivity contribution is -0.132. The van der Waals surface area contributed by atoms with Crippen LogP contribution in [-0.4, -0.2) is 104 Å². The number of hydrogen-bond acceptors (Lipinski definition) is 9. The first-order valence-electron chi connectivity index (χ1n) is 16.7. The molecule has 1 unspecified atom stereocenters. The average Bonchev–Trinajstić information content (AvgIpc) is 3.35. The van der Waals surface area contributed by atoms with E-state index < -0.39 is 46.1 Å². The van der Waals surface area contributed by atoms with Crippen molar-refractivity contribution in [1.29, 1.82) is 0 Å². The van der Waals surface area contributed by atoms with Crippen LogP contribution in [-0.2, 0) is 39.4 Å². The molecule has 6 N–H and O–H groups in total. The van der Waals surface area contributed by atoms with Gasteiger partial charge in [0.1, 0.15) is 6.04 Å². The quantitative estimate of drug-likeness (QED) is 0.160. The average molecular weight is 712 g/mol. The molecule has 5 rings (SSSR count). The number of nitrogens with zero attached hydrogens (tertiary/aromatic N) is 3. The van der Waals surface area contributed by atoms with Crippen LogP contribution in [0.15, 0.2) is 79.1 Å². The molecule has 3 aromatic rings. The molecule has 0 radical (unpaired) electrons. The van der Waals surface area contributed by atoms with Crippen molar-refractivity contribution in [3.8, 4) is 0 Å². The molecule has 50 heavy (non-hydrogen) atoms. The van der Waals surface area contributed by atoms with Gasteiger partial charge < -0.3 is 20.8 Å². The molecular weight excluding hydrogens is 662 g/mol. The summed E-state index contributed by atoms with van der Waals surface area (Å²) < 4.78 is 31.6. The zero-order valence-corrected chi connectivity index (χ0v) is 29.5. The van der Waals surface area contributed by atoms with E-state index in [2.05, 4.69) is 25.4 Å². The van der Waals surface area contributed by atoms with E-state index in [-0.39, 0.29) is 24.8 Å². The number of hydrogen-bond donors (Lipinski definition) is 6. The molecule has 1 saturated heterocycles. The second-order valence-electron chi connectivity index (χ2n) is 14.0. The largest absolute Gasteiger partial charge is 0.394 e. The SMILES string of the molecule is CC(C)(C)NC(=O)[C@@H]1CN(Cc2cccnc2)CCN1C[C@@H](O)C[C@@H](Cc1ccccc1)C(=O)NC1c2ccccc2C[C@@H]1O.O=S(=O)(O)O. The van der Waals surface area contributed by atoms with Crippen molar-refractivity contribution >= 4 is 22.2 Å². The van der Waals surface area contributed by atoms with Crippen LogP contribution in [0.2, 0.25) is 0 Å². The maximum Gasteiger partial charge on any atom is 0.394 e. The van der Waals surface area contributed by atoms with E-state index in [4.69, 9.17) is 17.5 Å². The van der Waals surface area contributed by atoms with E-state index in [1.165, 1.54) is 0 Å². The molecule has 5 atom stereocenters. The number of pyridine rings is 1. The molecule has 1 aliphatic heterocycles. The molecule has 0 spiro atoms. The van der Waals surface area contributed by atoms with Crippen LogP contribution >= 0.6 is 0 Å². The van der Waals surface area contributed by atoms with Crippen LogP contribution in [0.5, 0.6) is 0 Å². The Morgan fingerprint density at radius 3 is 2.30 bits per heavy atom. The van der Waals surface area contributed by atoms with Gasteiger partial charge in [-0.15, -0.1) is 0 Å². The van der Waals surface area contributed by atoms with Crippen LogP contribution < -0.4 is 10.6 Å². The van der Waals surface area contributed by atoms with E-state index in [1.54, 1.807) is 6.20 Å². The maximum atomic E-state index is 13.8. The van der Waals surface area contributed by atoms with Gasteiger partial charge in [0.05, 0.1) is 18.2 Å². The zero-order chi connectivity index (χ0) is 36.5. The molecule has 14 heteroatoms. The van der Waals surface area contributed by atoms with Crippen molar-refractivity contribution in [3.63, 3.8) is 0 Å². The third-order valence-corrected chi connectivity index (χ3v) is 8.70. The summed E-state index contributed by atoms with van der Waals surface area (Å²) in [5.74, 6) is -0.781. The van der Waals surface area contributed by atoms with Crippen molar-refractivity contribution in [2.24, 2.45) is 5.92 Å². The van der Waals surface area contributed by atoms with Crippen molar-refractivity contribution in [3.05, 3.63) is 101 Å². The molecule has 2 heterocycles. The standard InChI is InChI=1S/C36H47N5O4.H2O4S/c1-36(2,3)39-35(45)31-24-40(22-26-12-9-15-37-21-26)16-17-41(31)23-29(42)19-28(18-25-10-5-4-6-11-25)34(44)38-33-30-14-8-7-13-27(30)20-32(33)43;1-5(2,3)4/h4-15,21,28-29,31-33,42-43H,16-20,22-24H2,1-3H3,(H,38,44)(H,39,45);(H2,1,2,3,4)/t28-,29+,31+,32+,33?;/m1./s1. The number of amides is 2. The molecule has 2 amide bonds. The van der Waals surface area contributed by atoms with Crippen LogP contribution in [0.1, 0.15) is 55.5 Å². The predicted molar refractivity (Wildman–Crippen MR) is 188 cm³/mol. The number of piperazine rings is 1. The van der Waals surface area contributed by atoms with Crippen LogP contribution in [0, 0.1) is 5.92 Å². The van der Waals surface area contributed by atoms with Gasteiger partial charge in [0, 0.05) is 63.0 Å². The van der Waals surface area contributed by atoms with Gasteiger partial charge in [-0.25, -0.2) is 0 Å². The van der Waals surface area contributed by atoms with Crippen molar-refractivity contribution in [1.82, 2.24) is 25.4 Å². The molecule has 2 aromatic carbocycles. The Morgan fingerprint density at radius 1 is 0.980 bits per heavy atom. The summed E-state index contributed by atoms with van der Waals surface area (Å²) in [5, 5.41) is 28.5. The zero-order valence-electron chi connectivity index (χ0n) is 28.7. The van der Waals surface area contributed by atoms with Crippen LogP contribution in [0.25, 0.3) is 0 Å². The van der Waals surface area contributed by atoms with Crippen LogP contribution in [0.4, 0.5) is 0 Å². The van der Waals surface area contributed by atoms with Gasteiger partial charge in [-0.1, -0.05) is 60.7 Å². The lowest BCUT2D eigenvalue weighted by Gasteiger charge is -2.42. The number of nitrogens with one attached hydrogen (secondary N) is 2. The van der Waals surface area contributed by atoms with E-state index >= 15 is 0 Å². The molecule has 272 valence electrons. The second kappa shape index (κ2) is 17.4. The fourth-order valence-electron chi connectivity index (χ4n) is 6.56. The summed E-state index contributed by atoms with van der Waals surface area (Å²) in [5.41, 5.74) is 3.68. The topological polar surface area (TPSA) is 193 Å². The van der Waals surface area contributed by atoms with E-state index in [0.717, 1.165) is 28.8 Å². The highest BCUT2D eigenvalue weighted by molar-refractivity contribution is 7.79. The Labute approximate surface area is 294 Å². The maximum absolute atomic E-state index is 13.8. The number of benzene rings is 2. The second-order valence-corrected chi connectivity index (χ2v) is 14.9. The molecule has 1 aliphatic carbocycles. The van der Waals surface area contributed by atoms with E-state index in [9.17, 15) is 19.8 Å². The molecule has 13 nitrogen and oxygen atoms in total. The number of aliphatic hydroxyl groups excluding tert-OH is 2. The minimum absolute atomic E-state index is 0.0712. The van der Waals surface area contributed by atoms with Gasteiger partial charge in [-0.05, 0) is 61.9 Å². The summed E-state index contributed by atoms with van der Waals surface area (Å²) in [4.78, 5) is 35.9. The first-order valence-corrected chi connectivity index (χ1v) is 18.1. The fourth-order valence-corrected chi connectivity index (χ4v) is 6.56. The highest BCUT2D eigenvalue weighted by atomic mass is 32.3. The third-order valence-electron chi connectivity index (χ3n) is 8.70. The van der Waals surface area contributed by atoms with Gasteiger partial charge >= 0.3 is 10.4 Å². The first kappa shape index (κ1) is 39.0. The first-order chi connectivity index (χ1) is 23.6. The van der Waals surface area contributed by atoms with Gasteiger partial charge in [0.25, 0.3) is 0 Å².